The molecular weight excluding hydrogens is 446 g/mol. The van der Waals surface area contributed by atoms with Crippen molar-refractivity contribution in [2.75, 3.05) is 14.1 Å². The van der Waals surface area contributed by atoms with Crippen LogP contribution in [0, 0.1) is 11.3 Å². The second kappa shape index (κ2) is 8.97. The Morgan fingerprint density at radius 2 is 1.90 bits per heavy atom. The van der Waals surface area contributed by atoms with Crippen LogP contribution >= 0.6 is 15.9 Å². The van der Waals surface area contributed by atoms with E-state index < -0.39 is 0 Å². The molecule has 2 heterocycles. The molecule has 0 spiro atoms. The van der Waals surface area contributed by atoms with Crippen LogP contribution in [0.15, 0.2) is 50.7 Å². The van der Waals surface area contributed by atoms with E-state index in [-0.39, 0.29) is 23.1 Å². The molecule has 0 aliphatic heterocycles. The Hall–Kier alpha value is -3.38. The monoisotopic (exact) mass is 465 g/mol. The Morgan fingerprint density at radius 1 is 1.17 bits per heavy atom. The molecule has 9 heteroatoms. The van der Waals surface area contributed by atoms with Crippen LogP contribution in [-0.2, 0) is 0 Å². The highest BCUT2D eigenvalue weighted by molar-refractivity contribution is 9.10. The van der Waals surface area contributed by atoms with Gasteiger partial charge in [0, 0.05) is 30.2 Å². The van der Waals surface area contributed by atoms with E-state index in [1.165, 1.54) is 10.7 Å². The van der Waals surface area contributed by atoms with E-state index in [9.17, 15) is 10.1 Å². The van der Waals surface area contributed by atoms with Crippen LogP contribution in [-0.4, -0.2) is 45.1 Å². The minimum Gasteiger partial charge on any atom is -0.369 e. The predicted molar refractivity (Wildman–Crippen MR) is 120 cm³/mol. The lowest BCUT2D eigenvalue weighted by atomic mass is 10.1. The largest absolute Gasteiger partial charge is 0.369 e. The Balaban J connectivity index is 2.34. The van der Waals surface area contributed by atoms with Crippen molar-refractivity contribution in [1.82, 2.24) is 24.6 Å². The van der Waals surface area contributed by atoms with E-state index in [2.05, 4.69) is 42.1 Å². The van der Waals surface area contributed by atoms with Crippen molar-refractivity contribution in [2.45, 2.75) is 19.9 Å². The number of nitriles is 1. The zero-order valence-electron chi connectivity index (χ0n) is 17.0. The fraction of sp³-hybridized carbons (Fsp3) is 0.238. The number of nitrogens with zero attached hydrogens (tertiary/aromatic N) is 7. The molecule has 0 atom stereocenters. The van der Waals surface area contributed by atoms with Crippen LogP contribution < -0.4 is 5.56 Å². The number of aliphatic imine (C=N–C) groups is 1. The van der Waals surface area contributed by atoms with E-state index in [1.807, 2.05) is 52.2 Å². The number of benzene rings is 1. The predicted octanol–water partition coefficient (Wildman–Crippen LogP) is 3.80. The molecule has 0 saturated carbocycles. The summed E-state index contributed by atoms with van der Waals surface area (Å²) in [6.07, 6.45) is 1.56. The summed E-state index contributed by atoms with van der Waals surface area (Å²) >= 11 is 3.56. The molecule has 30 heavy (non-hydrogen) atoms. The van der Waals surface area contributed by atoms with Crippen LogP contribution in [0.3, 0.4) is 0 Å². The summed E-state index contributed by atoms with van der Waals surface area (Å²) in [6.45, 7) is 3.75. The van der Waals surface area contributed by atoms with E-state index in [1.54, 1.807) is 17.3 Å². The summed E-state index contributed by atoms with van der Waals surface area (Å²) in [7, 11) is 3.65. The smallest absolute Gasteiger partial charge is 0.267 e. The highest BCUT2D eigenvalue weighted by atomic mass is 79.9. The zero-order valence-corrected chi connectivity index (χ0v) is 18.6. The van der Waals surface area contributed by atoms with Gasteiger partial charge in [0.2, 0.25) is 0 Å². The first-order valence-electron chi connectivity index (χ1n) is 9.19. The summed E-state index contributed by atoms with van der Waals surface area (Å²) in [5.74, 6) is 0.206. The second-order valence-electron chi connectivity index (χ2n) is 6.99. The van der Waals surface area contributed by atoms with Crippen molar-refractivity contribution >= 4 is 28.1 Å². The van der Waals surface area contributed by atoms with Gasteiger partial charge in [-0.3, -0.25) is 4.79 Å². The molecule has 3 rings (SSSR count). The average molecular weight is 466 g/mol. The third-order valence-corrected chi connectivity index (χ3v) is 4.77. The van der Waals surface area contributed by atoms with Gasteiger partial charge < -0.3 is 4.90 Å². The molecular formula is C21H20BrN7O. The molecule has 0 bridgehead atoms. The molecule has 0 amide bonds. The minimum atomic E-state index is -0.211. The molecule has 2 aromatic heterocycles. The van der Waals surface area contributed by atoms with Crippen LogP contribution in [0.2, 0.25) is 0 Å². The van der Waals surface area contributed by atoms with E-state index >= 15 is 0 Å². The zero-order chi connectivity index (χ0) is 21.8. The number of rotatable bonds is 5. The van der Waals surface area contributed by atoms with Crippen molar-refractivity contribution in [2.24, 2.45) is 4.99 Å². The molecule has 0 unspecified atom stereocenters. The number of hydrogen-bond acceptors (Lipinski definition) is 6. The number of aromatic nitrogens is 4. The Kier molecular flexibility index (Phi) is 6.37. The summed E-state index contributed by atoms with van der Waals surface area (Å²) < 4.78 is 2.19. The minimum absolute atomic E-state index is 0.0722. The van der Waals surface area contributed by atoms with E-state index in [0.29, 0.717) is 17.1 Å². The van der Waals surface area contributed by atoms with Crippen LogP contribution in [0.1, 0.15) is 25.6 Å². The number of halogens is 1. The molecule has 0 radical (unpaired) electrons. The van der Waals surface area contributed by atoms with Crippen molar-refractivity contribution in [1.29, 1.82) is 5.26 Å². The standard InChI is InChI=1S/C21H20BrN7O/c1-13(2)29-18(30)10-9-16(27-29)20-19(14-7-5-6-8-15(14)22)26-21(17(11-23)25-20)24-12-28(3)4/h5-10,12-13H,1-4H3/b24-12-. The lowest BCUT2D eigenvalue weighted by Gasteiger charge is -2.14. The maximum Gasteiger partial charge on any atom is 0.267 e. The van der Waals surface area contributed by atoms with Crippen LogP contribution in [0.4, 0.5) is 5.82 Å². The van der Waals surface area contributed by atoms with Crippen molar-refractivity contribution in [3.05, 3.63) is 56.9 Å². The Bertz CT molecular complexity index is 1210. The first kappa shape index (κ1) is 21.3. The molecule has 0 aliphatic carbocycles. The Labute approximate surface area is 182 Å². The SMILES string of the molecule is CC(C)n1nc(-c2nc(C#N)c(/N=C\N(C)C)nc2-c2ccccc2Br)ccc1=O. The van der Waals surface area contributed by atoms with Gasteiger partial charge in [-0.2, -0.15) is 10.4 Å². The van der Waals surface area contributed by atoms with Gasteiger partial charge in [0.15, 0.2) is 11.5 Å². The van der Waals surface area contributed by atoms with Crippen LogP contribution in [0.25, 0.3) is 22.6 Å². The van der Waals surface area contributed by atoms with Gasteiger partial charge in [-0.05, 0) is 26.0 Å². The maximum absolute atomic E-state index is 12.2. The maximum atomic E-state index is 12.2. The van der Waals surface area contributed by atoms with E-state index in [0.717, 1.165) is 10.0 Å². The third-order valence-electron chi connectivity index (χ3n) is 4.08. The molecule has 0 fully saturated rings. The molecule has 0 aliphatic rings. The normalized spacial score (nSPS) is 11.1. The van der Waals surface area contributed by atoms with Gasteiger partial charge in [0.25, 0.3) is 5.56 Å². The molecule has 8 nitrogen and oxygen atoms in total. The summed E-state index contributed by atoms with van der Waals surface area (Å²) in [5.41, 5.74) is 1.99. The molecule has 1 aromatic carbocycles. The van der Waals surface area contributed by atoms with Gasteiger partial charge in [0.1, 0.15) is 23.2 Å². The van der Waals surface area contributed by atoms with Gasteiger partial charge in [-0.1, -0.05) is 34.1 Å². The molecule has 0 saturated heterocycles. The topological polar surface area (TPSA) is 100 Å². The van der Waals surface area contributed by atoms with Gasteiger partial charge in [-0.15, -0.1) is 0 Å². The lowest BCUT2D eigenvalue weighted by Crippen LogP contribution is -2.24. The highest BCUT2D eigenvalue weighted by Crippen LogP contribution is 2.35. The van der Waals surface area contributed by atoms with Gasteiger partial charge in [0.05, 0.1) is 12.4 Å². The molecule has 152 valence electrons. The first-order chi connectivity index (χ1) is 14.3. The lowest BCUT2D eigenvalue weighted by molar-refractivity contribution is 0.504. The first-order valence-corrected chi connectivity index (χ1v) is 9.99. The fourth-order valence-electron chi connectivity index (χ4n) is 2.70. The summed E-state index contributed by atoms with van der Waals surface area (Å²) in [4.78, 5) is 27.4. The van der Waals surface area contributed by atoms with E-state index in [4.69, 9.17) is 0 Å². The van der Waals surface area contributed by atoms with Crippen molar-refractivity contribution < 1.29 is 0 Å². The van der Waals surface area contributed by atoms with Gasteiger partial charge >= 0.3 is 0 Å². The van der Waals surface area contributed by atoms with Crippen molar-refractivity contribution in [3.8, 4) is 28.7 Å². The Morgan fingerprint density at radius 3 is 2.53 bits per heavy atom. The average Bonchev–Trinajstić information content (AvgIpc) is 2.72. The molecule has 0 N–H and O–H groups in total. The second-order valence-corrected chi connectivity index (χ2v) is 7.84. The number of hydrogen-bond donors (Lipinski definition) is 0. The fourth-order valence-corrected chi connectivity index (χ4v) is 3.18. The third kappa shape index (κ3) is 4.44. The summed E-state index contributed by atoms with van der Waals surface area (Å²) in [6, 6.07) is 12.5. The van der Waals surface area contributed by atoms with Gasteiger partial charge in [-0.25, -0.2) is 19.6 Å². The van der Waals surface area contributed by atoms with Crippen molar-refractivity contribution in [3.63, 3.8) is 0 Å². The summed E-state index contributed by atoms with van der Waals surface area (Å²) in [5, 5.41) is 14.1. The molecule has 3 aromatic rings. The highest BCUT2D eigenvalue weighted by Gasteiger charge is 2.20. The van der Waals surface area contributed by atoms with Crippen LogP contribution in [0.5, 0.6) is 0 Å². The quantitative estimate of drug-likeness (QED) is 0.419.